The van der Waals surface area contributed by atoms with Crippen LogP contribution in [0.25, 0.3) is 0 Å². The first-order valence-corrected chi connectivity index (χ1v) is 5.84. The van der Waals surface area contributed by atoms with E-state index in [1.165, 1.54) is 11.9 Å². The number of rotatable bonds is 3. The number of aromatic nitrogens is 2. The highest BCUT2D eigenvalue weighted by Crippen LogP contribution is 2.33. The number of ether oxygens (including phenoxy) is 1. The quantitative estimate of drug-likeness (QED) is 0.620. The van der Waals surface area contributed by atoms with Gasteiger partial charge in [0, 0.05) is 24.4 Å². The Balaban J connectivity index is 1.84. The van der Waals surface area contributed by atoms with E-state index in [9.17, 15) is 0 Å². The molecule has 0 fully saturated rings. The summed E-state index contributed by atoms with van der Waals surface area (Å²) in [5, 5.41) is 0. The highest BCUT2D eigenvalue weighted by Gasteiger charge is 2.30. The summed E-state index contributed by atoms with van der Waals surface area (Å²) in [6, 6.07) is 7.92. The summed E-state index contributed by atoms with van der Waals surface area (Å²) in [6.07, 6.45) is 5.81. The van der Waals surface area contributed by atoms with Gasteiger partial charge in [0.1, 0.15) is 18.2 Å². The Bertz CT molecular complexity index is 507. The van der Waals surface area contributed by atoms with Gasteiger partial charge in [-0.1, -0.05) is 18.2 Å². The first-order chi connectivity index (χ1) is 8.88. The minimum atomic E-state index is -0.112. The Morgan fingerprint density at radius 2 is 2.06 bits per heavy atom. The predicted molar refractivity (Wildman–Crippen MR) is 66.7 cm³/mol. The lowest BCUT2D eigenvalue weighted by Gasteiger charge is -2.22. The molecule has 18 heavy (non-hydrogen) atoms. The molecule has 2 atom stereocenters. The van der Waals surface area contributed by atoms with E-state index in [-0.39, 0.29) is 12.1 Å². The number of para-hydroxylation sites is 1. The fourth-order valence-corrected chi connectivity index (χ4v) is 2.28. The summed E-state index contributed by atoms with van der Waals surface area (Å²) in [5.74, 6) is 6.56. The number of nitrogens with one attached hydrogen (secondary N) is 1. The number of nitrogens with zero attached hydrogens (tertiary/aromatic N) is 2. The summed E-state index contributed by atoms with van der Waals surface area (Å²) >= 11 is 0. The maximum absolute atomic E-state index is 5.92. The van der Waals surface area contributed by atoms with Gasteiger partial charge in [-0.05, 0) is 11.6 Å². The molecule has 2 unspecified atom stereocenters. The Labute approximate surface area is 105 Å². The molecule has 0 saturated heterocycles. The van der Waals surface area contributed by atoms with Crippen molar-refractivity contribution in [3.05, 3.63) is 54.1 Å². The van der Waals surface area contributed by atoms with E-state index < -0.39 is 0 Å². The molecular formula is C13H14N4O. The molecule has 0 saturated carbocycles. The molecular weight excluding hydrogens is 228 g/mol. The number of hydrazine groups is 1. The summed E-state index contributed by atoms with van der Waals surface area (Å²) in [4.78, 5) is 8.02. The van der Waals surface area contributed by atoms with Gasteiger partial charge in [-0.3, -0.25) is 5.84 Å². The van der Waals surface area contributed by atoms with Gasteiger partial charge in [0.2, 0.25) is 0 Å². The van der Waals surface area contributed by atoms with E-state index in [2.05, 4.69) is 21.5 Å². The Hall–Kier alpha value is -1.98. The van der Waals surface area contributed by atoms with Gasteiger partial charge in [-0.2, -0.15) is 0 Å². The van der Waals surface area contributed by atoms with Gasteiger partial charge in [0.25, 0.3) is 0 Å². The molecule has 3 N–H and O–H groups in total. The molecule has 1 aliphatic heterocycles. The van der Waals surface area contributed by atoms with Crippen molar-refractivity contribution in [3.63, 3.8) is 0 Å². The Morgan fingerprint density at radius 1 is 1.28 bits per heavy atom. The van der Waals surface area contributed by atoms with Crippen LogP contribution in [0.4, 0.5) is 0 Å². The molecule has 2 aromatic rings. The number of fused-ring (bicyclic) bond motifs is 1. The van der Waals surface area contributed by atoms with E-state index in [1.807, 2.05) is 18.2 Å². The molecule has 0 spiro atoms. The molecule has 1 aromatic carbocycles. The van der Waals surface area contributed by atoms with Crippen LogP contribution in [0, 0.1) is 0 Å². The van der Waals surface area contributed by atoms with Crippen molar-refractivity contribution in [2.45, 2.75) is 18.6 Å². The van der Waals surface area contributed by atoms with Crippen LogP contribution in [-0.4, -0.2) is 16.1 Å². The summed E-state index contributed by atoms with van der Waals surface area (Å²) in [7, 11) is 0. The molecule has 5 nitrogen and oxygen atoms in total. The standard InChI is InChI=1S/C13H14N4O/c14-17-13(10-6-15-8-16-7-10)12-5-9-3-1-2-4-11(9)18-12/h1-4,6-8,12-13,17H,5,14H2. The molecule has 0 bridgehead atoms. The van der Waals surface area contributed by atoms with E-state index in [0.29, 0.717) is 0 Å². The molecule has 0 aliphatic carbocycles. The molecule has 92 valence electrons. The highest BCUT2D eigenvalue weighted by atomic mass is 16.5. The zero-order valence-corrected chi connectivity index (χ0v) is 9.78. The third-order valence-electron chi connectivity index (χ3n) is 3.16. The highest BCUT2D eigenvalue weighted by molar-refractivity contribution is 5.38. The second-order valence-electron chi connectivity index (χ2n) is 4.28. The zero-order valence-electron chi connectivity index (χ0n) is 9.78. The van der Waals surface area contributed by atoms with Gasteiger partial charge < -0.3 is 4.74 Å². The first-order valence-electron chi connectivity index (χ1n) is 5.84. The van der Waals surface area contributed by atoms with Crippen LogP contribution < -0.4 is 16.0 Å². The molecule has 3 rings (SSSR count). The van der Waals surface area contributed by atoms with E-state index >= 15 is 0 Å². The predicted octanol–water partition coefficient (Wildman–Crippen LogP) is 0.985. The van der Waals surface area contributed by atoms with Gasteiger partial charge in [-0.15, -0.1) is 0 Å². The SMILES string of the molecule is NNC(c1cncnc1)C1Cc2ccccc2O1. The third kappa shape index (κ3) is 1.94. The largest absolute Gasteiger partial charge is 0.488 e. The van der Waals surface area contributed by atoms with Crippen molar-refractivity contribution in [1.82, 2.24) is 15.4 Å². The monoisotopic (exact) mass is 242 g/mol. The van der Waals surface area contributed by atoms with Crippen molar-refractivity contribution >= 4 is 0 Å². The van der Waals surface area contributed by atoms with E-state index in [1.54, 1.807) is 12.4 Å². The van der Waals surface area contributed by atoms with Crippen molar-refractivity contribution < 1.29 is 4.74 Å². The molecule has 5 heteroatoms. The second-order valence-corrected chi connectivity index (χ2v) is 4.28. The van der Waals surface area contributed by atoms with Gasteiger partial charge in [-0.25, -0.2) is 15.4 Å². The van der Waals surface area contributed by atoms with Crippen LogP contribution in [-0.2, 0) is 6.42 Å². The van der Waals surface area contributed by atoms with Crippen LogP contribution in [0.15, 0.2) is 43.0 Å². The van der Waals surface area contributed by atoms with Crippen LogP contribution >= 0.6 is 0 Å². The summed E-state index contributed by atoms with van der Waals surface area (Å²) in [5.41, 5.74) is 4.93. The molecule has 1 aliphatic rings. The minimum absolute atomic E-state index is 0.0293. The summed E-state index contributed by atoms with van der Waals surface area (Å²) in [6.45, 7) is 0. The lowest BCUT2D eigenvalue weighted by molar-refractivity contribution is 0.178. The lowest BCUT2D eigenvalue weighted by Crippen LogP contribution is -2.39. The second kappa shape index (κ2) is 4.72. The van der Waals surface area contributed by atoms with Crippen LogP contribution in [0.5, 0.6) is 5.75 Å². The number of hydrogen-bond acceptors (Lipinski definition) is 5. The van der Waals surface area contributed by atoms with Gasteiger partial charge >= 0.3 is 0 Å². The minimum Gasteiger partial charge on any atom is -0.488 e. The van der Waals surface area contributed by atoms with Crippen molar-refractivity contribution in [2.24, 2.45) is 5.84 Å². The number of nitrogens with two attached hydrogens (primary N) is 1. The molecule has 1 aromatic heterocycles. The fourth-order valence-electron chi connectivity index (χ4n) is 2.28. The van der Waals surface area contributed by atoms with E-state index in [4.69, 9.17) is 10.6 Å². The summed E-state index contributed by atoms with van der Waals surface area (Å²) < 4.78 is 5.92. The van der Waals surface area contributed by atoms with Gasteiger partial charge in [0.15, 0.2) is 0 Å². The zero-order chi connectivity index (χ0) is 12.4. The average molecular weight is 242 g/mol. The Kier molecular flexibility index (Phi) is 2.92. The number of benzene rings is 1. The smallest absolute Gasteiger partial charge is 0.124 e. The molecule has 0 radical (unpaired) electrons. The maximum atomic E-state index is 5.92. The average Bonchev–Trinajstić information content (AvgIpc) is 2.84. The third-order valence-corrected chi connectivity index (χ3v) is 3.16. The fraction of sp³-hybridized carbons (Fsp3) is 0.231. The van der Waals surface area contributed by atoms with Crippen LogP contribution in [0.2, 0.25) is 0 Å². The van der Waals surface area contributed by atoms with Crippen LogP contribution in [0.3, 0.4) is 0 Å². The van der Waals surface area contributed by atoms with Crippen molar-refractivity contribution in [3.8, 4) is 5.75 Å². The number of hydrogen-bond donors (Lipinski definition) is 2. The lowest BCUT2D eigenvalue weighted by atomic mass is 10.0. The normalized spacial score (nSPS) is 19.1. The first kappa shape index (κ1) is 11.1. The van der Waals surface area contributed by atoms with Crippen LogP contribution in [0.1, 0.15) is 17.2 Å². The topological polar surface area (TPSA) is 73.1 Å². The van der Waals surface area contributed by atoms with E-state index in [0.717, 1.165) is 17.7 Å². The molecule has 2 heterocycles. The van der Waals surface area contributed by atoms with Gasteiger partial charge in [0.05, 0.1) is 6.04 Å². The maximum Gasteiger partial charge on any atom is 0.124 e. The Morgan fingerprint density at radius 3 is 2.78 bits per heavy atom. The molecule has 0 amide bonds. The van der Waals surface area contributed by atoms with Crippen molar-refractivity contribution in [2.75, 3.05) is 0 Å². The van der Waals surface area contributed by atoms with Crippen molar-refractivity contribution in [1.29, 1.82) is 0 Å².